The van der Waals surface area contributed by atoms with Gasteiger partial charge in [-0.15, -0.1) is 0 Å². The van der Waals surface area contributed by atoms with Gasteiger partial charge in [0.2, 0.25) is 0 Å². The summed E-state index contributed by atoms with van der Waals surface area (Å²) in [6, 6.07) is 0. The maximum atomic E-state index is 13.2. The third kappa shape index (κ3) is 43.9. The summed E-state index contributed by atoms with van der Waals surface area (Å²) in [4.78, 5) is 51.3. The molecule has 77 heavy (non-hydrogen) atoms. The number of rotatable bonds is 57. The highest BCUT2D eigenvalue weighted by Gasteiger charge is 2.50. The van der Waals surface area contributed by atoms with E-state index in [4.69, 9.17) is 23.7 Å². The number of allylic oxidation sites excluding steroid dienone is 2. The molecule has 1 saturated heterocycles. The lowest BCUT2D eigenvalue weighted by Gasteiger charge is -2.40. The highest BCUT2D eigenvalue weighted by molar-refractivity contribution is 5.74. The molecule has 0 aromatic rings. The Kier molecular flexibility index (Phi) is 50.9. The van der Waals surface area contributed by atoms with Crippen molar-refractivity contribution in [2.75, 3.05) is 13.2 Å². The first-order chi connectivity index (χ1) is 37.6. The van der Waals surface area contributed by atoms with Gasteiger partial charge in [0, 0.05) is 19.3 Å². The number of ether oxygens (including phenoxy) is 5. The summed E-state index contributed by atoms with van der Waals surface area (Å²) < 4.78 is 28.5. The molecular weight excluding hydrogens is 973 g/mol. The molecule has 3 N–H and O–H groups in total. The van der Waals surface area contributed by atoms with E-state index in [1.165, 1.54) is 193 Å². The van der Waals surface area contributed by atoms with Crippen molar-refractivity contribution in [3.8, 4) is 0 Å². The van der Waals surface area contributed by atoms with Crippen LogP contribution in [0.15, 0.2) is 12.2 Å². The Hall–Kier alpha value is -2.54. The number of hydrogen-bond donors (Lipinski definition) is 3. The van der Waals surface area contributed by atoms with Crippen LogP contribution in [0, 0.1) is 0 Å². The van der Waals surface area contributed by atoms with E-state index in [0.717, 1.165) is 77.0 Å². The van der Waals surface area contributed by atoms with Crippen LogP contribution in [0.25, 0.3) is 0 Å². The van der Waals surface area contributed by atoms with E-state index in [1.54, 1.807) is 0 Å². The minimum absolute atomic E-state index is 0.0681. The first kappa shape index (κ1) is 72.5. The quantitative estimate of drug-likeness (QED) is 0.0228. The first-order valence-electron chi connectivity index (χ1n) is 32.7. The SMILES string of the molecule is CCCCCCCC/C=C\CCCCCCCC(=O)OC(COC(=O)CCCCCCCCCCCCCCCCCCC)COC1OC(C(=O)O)C(O)C(O)C1OC(=O)CCCCCCCCCCCCCCCCC. The predicted octanol–water partition coefficient (Wildman–Crippen LogP) is 17.2. The van der Waals surface area contributed by atoms with E-state index < -0.39 is 67.3 Å². The van der Waals surface area contributed by atoms with Gasteiger partial charge >= 0.3 is 23.9 Å². The molecule has 0 spiro atoms. The summed E-state index contributed by atoms with van der Waals surface area (Å²) in [6.07, 6.45) is 48.8. The minimum Gasteiger partial charge on any atom is -0.479 e. The number of carboxylic acids is 1. The van der Waals surface area contributed by atoms with Crippen LogP contribution < -0.4 is 0 Å². The van der Waals surface area contributed by atoms with Crippen molar-refractivity contribution in [1.29, 1.82) is 0 Å². The Morgan fingerprint density at radius 2 is 0.740 bits per heavy atom. The van der Waals surface area contributed by atoms with Gasteiger partial charge in [0.1, 0.15) is 18.8 Å². The zero-order valence-corrected chi connectivity index (χ0v) is 50.0. The molecule has 1 rings (SSSR count). The van der Waals surface area contributed by atoms with Gasteiger partial charge in [-0.2, -0.15) is 0 Å². The highest BCUT2D eigenvalue weighted by atomic mass is 16.7. The smallest absolute Gasteiger partial charge is 0.335 e. The van der Waals surface area contributed by atoms with Crippen molar-refractivity contribution >= 4 is 23.9 Å². The third-order valence-corrected chi connectivity index (χ3v) is 15.3. The molecule has 0 radical (unpaired) electrons. The number of hydrogen-bond acceptors (Lipinski definition) is 11. The van der Waals surface area contributed by atoms with E-state index in [9.17, 15) is 34.5 Å². The molecule has 1 aliphatic heterocycles. The van der Waals surface area contributed by atoms with Crippen molar-refractivity contribution in [1.82, 2.24) is 0 Å². The average molecular weight is 1090 g/mol. The van der Waals surface area contributed by atoms with Crippen LogP contribution in [0.2, 0.25) is 0 Å². The van der Waals surface area contributed by atoms with Crippen molar-refractivity contribution in [2.24, 2.45) is 0 Å². The zero-order valence-electron chi connectivity index (χ0n) is 50.0. The molecule has 452 valence electrons. The van der Waals surface area contributed by atoms with Crippen molar-refractivity contribution < 1.29 is 58.2 Å². The fourth-order valence-electron chi connectivity index (χ4n) is 10.3. The standard InChI is InChI=1S/C65H120O12/c1-4-7-10-13-16-19-22-25-28-29-32-33-36-39-42-45-48-51-57(66)73-54-56(75-58(67)52-49-46-43-40-37-34-30-26-23-20-17-14-11-8-5-2)55-74-65-63(61(70)60(69)62(77-65)64(71)72)76-59(68)53-50-47-44-41-38-35-31-27-24-21-18-15-12-9-6-3/h26,30,56,60-63,65,69-70H,4-25,27-29,31-55H2,1-3H3,(H,71,72)/b30-26-. The maximum Gasteiger partial charge on any atom is 0.335 e. The molecule has 6 unspecified atom stereocenters. The summed E-state index contributed by atoms with van der Waals surface area (Å²) in [6.45, 7) is 6.04. The predicted molar refractivity (Wildman–Crippen MR) is 313 cm³/mol. The van der Waals surface area contributed by atoms with Gasteiger partial charge < -0.3 is 39.0 Å². The van der Waals surface area contributed by atoms with Crippen LogP contribution >= 0.6 is 0 Å². The molecule has 0 aromatic heterocycles. The van der Waals surface area contributed by atoms with Gasteiger partial charge in [-0.25, -0.2) is 4.79 Å². The topological polar surface area (TPSA) is 175 Å². The van der Waals surface area contributed by atoms with Crippen molar-refractivity contribution in [3.63, 3.8) is 0 Å². The largest absolute Gasteiger partial charge is 0.479 e. The summed E-state index contributed by atoms with van der Waals surface area (Å²) in [5.74, 6) is -3.08. The lowest BCUT2D eigenvalue weighted by atomic mass is 9.98. The van der Waals surface area contributed by atoms with Gasteiger partial charge in [0.15, 0.2) is 24.6 Å². The minimum atomic E-state index is -1.90. The molecule has 0 aromatic carbocycles. The van der Waals surface area contributed by atoms with Crippen LogP contribution in [-0.2, 0) is 42.9 Å². The monoisotopic (exact) mass is 1090 g/mol. The molecule has 0 aliphatic carbocycles. The van der Waals surface area contributed by atoms with Crippen LogP contribution in [0.1, 0.15) is 329 Å². The number of unbranched alkanes of at least 4 members (excludes halogenated alkanes) is 41. The summed E-state index contributed by atoms with van der Waals surface area (Å²) in [5.41, 5.74) is 0. The number of aliphatic carboxylic acids is 1. The van der Waals surface area contributed by atoms with Gasteiger partial charge in [0.05, 0.1) is 6.61 Å². The van der Waals surface area contributed by atoms with Crippen LogP contribution in [0.4, 0.5) is 0 Å². The summed E-state index contributed by atoms with van der Waals surface area (Å²) in [5, 5.41) is 31.6. The van der Waals surface area contributed by atoms with Gasteiger partial charge in [-0.05, 0) is 44.9 Å². The number of carboxylic acid groups (broad SMARTS) is 1. The second kappa shape index (κ2) is 54.1. The fraction of sp³-hybridized carbons (Fsp3) is 0.908. The number of esters is 3. The Balaban J connectivity index is 2.64. The number of aliphatic hydroxyl groups excluding tert-OH is 2. The molecule has 12 nitrogen and oxygen atoms in total. The van der Waals surface area contributed by atoms with E-state index >= 15 is 0 Å². The molecular formula is C65H120O12. The van der Waals surface area contributed by atoms with Crippen LogP contribution in [0.5, 0.6) is 0 Å². The Morgan fingerprint density at radius 3 is 1.10 bits per heavy atom. The molecule has 1 aliphatic rings. The van der Waals surface area contributed by atoms with Gasteiger partial charge in [0.25, 0.3) is 0 Å². The molecule has 12 heteroatoms. The van der Waals surface area contributed by atoms with Crippen molar-refractivity contribution in [3.05, 3.63) is 12.2 Å². The van der Waals surface area contributed by atoms with E-state index in [2.05, 4.69) is 32.9 Å². The summed E-state index contributed by atoms with van der Waals surface area (Å²) in [7, 11) is 0. The Morgan fingerprint density at radius 1 is 0.416 bits per heavy atom. The van der Waals surface area contributed by atoms with E-state index in [1.807, 2.05) is 0 Å². The summed E-state index contributed by atoms with van der Waals surface area (Å²) >= 11 is 0. The zero-order chi connectivity index (χ0) is 56.1. The Bertz CT molecular complexity index is 1390. The molecule has 6 atom stereocenters. The van der Waals surface area contributed by atoms with E-state index in [0.29, 0.717) is 19.3 Å². The molecule has 0 saturated carbocycles. The Labute approximate surface area is 471 Å². The fourth-order valence-corrected chi connectivity index (χ4v) is 10.3. The molecule has 1 fully saturated rings. The molecule has 0 amide bonds. The molecule has 0 bridgehead atoms. The number of aliphatic hydroxyl groups is 2. The average Bonchev–Trinajstić information content (AvgIpc) is 3.43. The number of carbonyl (C=O) groups excluding carboxylic acids is 3. The maximum absolute atomic E-state index is 13.2. The lowest BCUT2D eigenvalue weighted by Crippen LogP contribution is -2.61. The second-order valence-corrected chi connectivity index (χ2v) is 22.8. The van der Waals surface area contributed by atoms with Gasteiger partial charge in [-0.3, -0.25) is 14.4 Å². The third-order valence-electron chi connectivity index (χ3n) is 15.3. The number of carbonyl (C=O) groups is 4. The van der Waals surface area contributed by atoms with E-state index in [-0.39, 0.29) is 25.9 Å². The van der Waals surface area contributed by atoms with Gasteiger partial charge in [-0.1, -0.05) is 277 Å². The first-order valence-corrected chi connectivity index (χ1v) is 32.7. The lowest BCUT2D eigenvalue weighted by molar-refractivity contribution is -0.301. The van der Waals surface area contributed by atoms with Crippen LogP contribution in [0.3, 0.4) is 0 Å². The molecule has 1 heterocycles. The highest BCUT2D eigenvalue weighted by Crippen LogP contribution is 2.27. The van der Waals surface area contributed by atoms with Crippen LogP contribution in [-0.4, -0.2) is 89.2 Å². The van der Waals surface area contributed by atoms with Crippen molar-refractivity contribution in [2.45, 2.75) is 366 Å². The normalized spacial score (nSPS) is 18.0. The second-order valence-electron chi connectivity index (χ2n) is 22.8.